The van der Waals surface area contributed by atoms with Crippen molar-refractivity contribution in [2.75, 3.05) is 0 Å². The monoisotopic (exact) mass is 152 g/mol. The average molecular weight is 152 g/mol. The van der Waals surface area contributed by atoms with Gasteiger partial charge in [0.1, 0.15) is 0 Å². The maximum atomic E-state index is 3.14. The second-order valence-electron chi connectivity index (χ2n) is 2.40. The van der Waals surface area contributed by atoms with Gasteiger partial charge >= 0.3 is 0 Å². The summed E-state index contributed by atoms with van der Waals surface area (Å²) in [4.78, 5) is 3.14. The van der Waals surface area contributed by atoms with E-state index in [1.165, 1.54) is 11.4 Å². The summed E-state index contributed by atoms with van der Waals surface area (Å²) in [6.45, 7) is 4.10. The maximum absolute atomic E-state index is 3.14. The molecular weight excluding hydrogens is 137 g/mol. The smallest absolute Gasteiger partial charge is 0.191 e. The Bertz CT molecular complexity index is 153. The van der Waals surface area contributed by atoms with Gasteiger partial charge < -0.3 is 4.98 Å². The molecule has 0 atom stereocenters. The van der Waals surface area contributed by atoms with Crippen LogP contribution in [-0.4, -0.2) is 20.2 Å². The van der Waals surface area contributed by atoms with E-state index < -0.39 is 0 Å². The molecule has 1 heterocycles. The van der Waals surface area contributed by atoms with E-state index in [4.69, 9.17) is 0 Å². The van der Waals surface area contributed by atoms with E-state index in [1.54, 1.807) is 0 Å². The van der Waals surface area contributed by atoms with Crippen LogP contribution >= 0.6 is 0 Å². The summed E-state index contributed by atoms with van der Waals surface area (Å²) in [7, 11) is 0. The molecule has 10 heavy (non-hydrogen) atoms. The zero-order chi connectivity index (χ0) is 7.98. The summed E-state index contributed by atoms with van der Waals surface area (Å²) >= 11 is 0.750. The van der Waals surface area contributed by atoms with Crippen LogP contribution in [0, 0.1) is 13.8 Å². The third-order valence-electron chi connectivity index (χ3n) is 0.978. The van der Waals surface area contributed by atoms with Crippen molar-refractivity contribution >= 4 is 15.2 Å². The number of aromatic amines is 1. The van der Waals surface area contributed by atoms with Gasteiger partial charge in [0, 0.05) is 11.4 Å². The predicted molar refractivity (Wildman–Crippen MR) is 47.7 cm³/mol. The molecule has 0 aliphatic rings. The van der Waals surface area contributed by atoms with Crippen LogP contribution in [-0.2, 0) is 0 Å². The number of H-pyrrole nitrogens is 1. The Hall–Kier alpha value is -0.188. The highest BCUT2D eigenvalue weighted by atomic mass is 27.1. The van der Waals surface area contributed by atoms with E-state index in [0.29, 0.717) is 0 Å². The standard InChI is InChI=1S/C6H9N.2CH3.Al/c1-5-3-4-6(2)7-5;;;/h3-4,7H,1-2H3;2*1H3;. The second-order valence-corrected chi connectivity index (χ2v) is 3.56. The van der Waals surface area contributed by atoms with Crippen LogP contribution < -0.4 is 0 Å². The van der Waals surface area contributed by atoms with Gasteiger partial charge in [0.05, 0.1) is 0 Å². The minimum atomic E-state index is 0.750. The zero-order valence-electron chi connectivity index (χ0n) is 7.23. The van der Waals surface area contributed by atoms with Crippen molar-refractivity contribution in [2.45, 2.75) is 25.4 Å². The van der Waals surface area contributed by atoms with Crippen molar-refractivity contribution in [1.82, 2.24) is 4.98 Å². The molecule has 0 aromatic carbocycles. The lowest BCUT2D eigenvalue weighted by atomic mass is 10.5. The summed E-state index contributed by atoms with van der Waals surface area (Å²) in [5.74, 6) is 4.42. The topological polar surface area (TPSA) is 15.8 Å². The van der Waals surface area contributed by atoms with Crippen LogP contribution in [0.3, 0.4) is 0 Å². The van der Waals surface area contributed by atoms with Crippen molar-refractivity contribution in [2.24, 2.45) is 0 Å². The minimum Gasteiger partial charge on any atom is -0.363 e. The molecule has 0 spiro atoms. The molecular formula is C8H15AlN. The highest BCUT2D eigenvalue weighted by Crippen LogP contribution is 1.95. The summed E-state index contributed by atoms with van der Waals surface area (Å²) in [6, 6.07) is 4.13. The summed E-state index contributed by atoms with van der Waals surface area (Å²) < 4.78 is 0. The van der Waals surface area contributed by atoms with Gasteiger partial charge in [-0.2, -0.15) is 0 Å². The van der Waals surface area contributed by atoms with Crippen LogP contribution in [0.25, 0.3) is 0 Å². The van der Waals surface area contributed by atoms with Crippen LogP contribution in [0.15, 0.2) is 12.1 Å². The molecule has 1 nitrogen and oxygen atoms in total. The summed E-state index contributed by atoms with van der Waals surface area (Å²) in [6.07, 6.45) is 0. The van der Waals surface area contributed by atoms with E-state index in [0.717, 1.165) is 15.2 Å². The van der Waals surface area contributed by atoms with E-state index >= 15 is 0 Å². The minimum absolute atomic E-state index is 0.750. The third kappa shape index (κ3) is 4.67. The first-order valence-electron chi connectivity index (χ1n) is 3.57. The fraction of sp³-hybridized carbons (Fsp3) is 0.500. The molecule has 0 bridgehead atoms. The largest absolute Gasteiger partial charge is 0.363 e. The molecule has 0 amide bonds. The van der Waals surface area contributed by atoms with Gasteiger partial charge in [-0.1, -0.05) is 0 Å². The van der Waals surface area contributed by atoms with Crippen LogP contribution in [0.5, 0.6) is 0 Å². The molecule has 0 aliphatic carbocycles. The molecule has 1 rings (SSSR count). The van der Waals surface area contributed by atoms with Gasteiger partial charge in [-0.25, -0.2) is 0 Å². The van der Waals surface area contributed by atoms with E-state index in [2.05, 4.69) is 28.7 Å². The molecule has 1 aromatic heterocycles. The van der Waals surface area contributed by atoms with Gasteiger partial charge in [0.25, 0.3) is 0 Å². The molecule has 1 aromatic rings. The fourth-order valence-electron chi connectivity index (χ4n) is 0.644. The lowest BCUT2D eigenvalue weighted by Crippen LogP contribution is -1.67. The highest BCUT2D eigenvalue weighted by molar-refractivity contribution is 6.31. The van der Waals surface area contributed by atoms with Crippen molar-refractivity contribution in [3.8, 4) is 0 Å². The fourth-order valence-corrected chi connectivity index (χ4v) is 0.644. The average Bonchev–Trinajstić information content (AvgIpc) is 2.17. The zero-order valence-corrected chi connectivity index (χ0v) is 8.39. The van der Waals surface area contributed by atoms with E-state index in [1.807, 2.05) is 13.8 Å². The molecule has 1 radical (unpaired) electrons. The molecule has 0 unspecified atom stereocenters. The third-order valence-corrected chi connectivity index (χ3v) is 0.978. The number of hydrogen-bond acceptors (Lipinski definition) is 0. The maximum Gasteiger partial charge on any atom is 0.191 e. The molecule has 0 saturated heterocycles. The SMILES string of the molecule is Cc1ccc(C)[nH]1.[CH3][Al][CH3]. The lowest BCUT2D eigenvalue weighted by Gasteiger charge is -1.77. The first kappa shape index (κ1) is 9.81. The van der Waals surface area contributed by atoms with Gasteiger partial charge in [-0.3, -0.25) is 0 Å². The number of hydrogen-bond donors (Lipinski definition) is 1. The Morgan fingerprint density at radius 3 is 1.50 bits per heavy atom. The Balaban J connectivity index is 0.000000236. The molecule has 1 N–H and O–H groups in total. The number of nitrogens with one attached hydrogen (secondary N) is 1. The van der Waals surface area contributed by atoms with Crippen LogP contribution in [0.2, 0.25) is 11.6 Å². The second kappa shape index (κ2) is 5.59. The Morgan fingerprint density at radius 1 is 1.10 bits per heavy atom. The van der Waals surface area contributed by atoms with Crippen LogP contribution in [0.1, 0.15) is 11.4 Å². The molecule has 0 aliphatic heterocycles. The Kier molecular flexibility index (Phi) is 5.48. The number of aromatic nitrogens is 1. The first-order valence-corrected chi connectivity index (χ1v) is 5.87. The first-order chi connectivity index (χ1) is 4.70. The summed E-state index contributed by atoms with van der Waals surface area (Å²) in [5.41, 5.74) is 2.47. The van der Waals surface area contributed by atoms with E-state index in [-0.39, 0.29) is 0 Å². The summed E-state index contributed by atoms with van der Waals surface area (Å²) in [5, 5.41) is 0. The highest BCUT2D eigenvalue weighted by Gasteiger charge is 1.82. The molecule has 0 saturated carbocycles. The van der Waals surface area contributed by atoms with Gasteiger partial charge in [-0.05, 0) is 26.0 Å². The van der Waals surface area contributed by atoms with Gasteiger partial charge in [0.2, 0.25) is 0 Å². The van der Waals surface area contributed by atoms with Gasteiger partial charge in [0.15, 0.2) is 15.2 Å². The molecule has 55 valence electrons. The van der Waals surface area contributed by atoms with Gasteiger partial charge in [-0.15, -0.1) is 11.6 Å². The molecule has 2 heteroatoms. The van der Waals surface area contributed by atoms with Crippen LogP contribution in [0.4, 0.5) is 0 Å². The predicted octanol–water partition coefficient (Wildman–Crippen LogP) is 2.42. The number of rotatable bonds is 0. The normalized spacial score (nSPS) is 8.00. The quantitative estimate of drug-likeness (QED) is 0.549. The van der Waals surface area contributed by atoms with Crippen molar-refractivity contribution in [1.29, 1.82) is 0 Å². The van der Waals surface area contributed by atoms with E-state index in [9.17, 15) is 0 Å². The Morgan fingerprint density at radius 2 is 1.40 bits per heavy atom. The van der Waals surface area contributed by atoms with Crippen molar-refractivity contribution < 1.29 is 0 Å². The number of aryl methyl sites for hydroxylation is 2. The lowest BCUT2D eigenvalue weighted by molar-refractivity contribution is 1.19. The molecule has 0 fully saturated rings. The van der Waals surface area contributed by atoms with Crippen molar-refractivity contribution in [3.05, 3.63) is 23.5 Å². The Labute approximate surface area is 69.6 Å². The van der Waals surface area contributed by atoms with Crippen molar-refractivity contribution in [3.63, 3.8) is 0 Å².